The first-order valence-corrected chi connectivity index (χ1v) is 10.0. The lowest BCUT2D eigenvalue weighted by atomic mass is 9.65. The Bertz CT molecular complexity index is 879. The highest BCUT2D eigenvalue weighted by molar-refractivity contribution is 5.80. The van der Waals surface area contributed by atoms with Gasteiger partial charge in [0.05, 0.1) is 18.1 Å². The Morgan fingerprint density at radius 2 is 2.00 bits per heavy atom. The molecule has 2 aromatic rings. The Kier molecular flexibility index (Phi) is 5.00. The summed E-state index contributed by atoms with van der Waals surface area (Å²) in [6.07, 6.45) is 7.02. The Hall–Kier alpha value is -2.21. The summed E-state index contributed by atoms with van der Waals surface area (Å²) in [5.41, 5.74) is 6.22. The number of carbonyl (C=O) groups is 1. The van der Waals surface area contributed by atoms with Crippen LogP contribution in [0.25, 0.3) is 10.8 Å². The molecule has 1 aromatic carbocycles. The van der Waals surface area contributed by atoms with Gasteiger partial charge in [-0.1, -0.05) is 24.6 Å². The first-order valence-electron chi connectivity index (χ1n) is 10.0. The monoisotopic (exact) mass is 368 g/mol. The second-order valence-corrected chi connectivity index (χ2v) is 8.33. The van der Waals surface area contributed by atoms with Gasteiger partial charge < -0.3 is 11.1 Å². The van der Waals surface area contributed by atoms with Crippen LogP contribution in [0.5, 0.6) is 0 Å². The summed E-state index contributed by atoms with van der Waals surface area (Å²) < 4.78 is 1.44. The van der Waals surface area contributed by atoms with Crippen molar-refractivity contribution in [2.24, 2.45) is 23.5 Å². The fourth-order valence-corrected chi connectivity index (χ4v) is 4.93. The second kappa shape index (κ2) is 7.43. The summed E-state index contributed by atoms with van der Waals surface area (Å²) in [5, 5.41) is 8.84. The van der Waals surface area contributed by atoms with Crippen molar-refractivity contribution in [1.29, 1.82) is 0 Å². The van der Waals surface area contributed by atoms with Crippen molar-refractivity contribution in [2.75, 3.05) is 0 Å². The summed E-state index contributed by atoms with van der Waals surface area (Å²) in [6, 6.07) is 7.54. The highest BCUT2D eigenvalue weighted by Crippen LogP contribution is 2.41. The minimum Gasteiger partial charge on any atom is -0.352 e. The molecule has 1 amide bonds. The lowest BCUT2D eigenvalue weighted by molar-refractivity contribution is -0.128. The zero-order valence-corrected chi connectivity index (χ0v) is 15.8. The molecule has 144 valence electrons. The quantitative estimate of drug-likeness (QED) is 0.864. The maximum absolute atomic E-state index is 12.8. The highest BCUT2D eigenvalue weighted by atomic mass is 16.2. The van der Waals surface area contributed by atoms with Gasteiger partial charge in [0.2, 0.25) is 5.91 Å². The van der Waals surface area contributed by atoms with E-state index in [4.69, 9.17) is 5.73 Å². The average Bonchev–Trinajstić information content (AvgIpc) is 2.64. The predicted molar refractivity (Wildman–Crippen MR) is 105 cm³/mol. The number of hydrogen-bond acceptors (Lipinski definition) is 4. The first kappa shape index (κ1) is 18.2. The van der Waals surface area contributed by atoms with Crippen molar-refractivity contribution in [3.8, 4) is 0 Å². The largest absolute Gasteiger partial charge is 0.352 e. The molecule has 2 saturated carbocycles. The second-order valence-electron chi connectivity index (χ2n) is 8.33. The summed E-state index contributed by atoms with van der Waals surface area (Å²) >= 11 is 0. The van der Waals surface area contributed by atoms with Crippen LogP contribution >= 0.6 is 0 Å². The number of aromatic nitrogens is 2. The molecule has 2 bridgehead atoms. The third-order valence-corrected chi connectivity index (χ3v) is 6.38. The molecule has 2 aliphatic carbocycles. The molecule has 2 aliphatic rings. The van der Waals surface area contributed by atoms with Gasteiger partial charge in [0.25, 0.3) is 5.56 Å². The molecule has 0 aliphatic heterocycles. The normalized spacial score (nSPS) is 28.7. The molecule has 3 unspecified atom stereocenters. The fourth-order valence-electron chi connectivity index (χ4n) is 4.93. The maximum Gasteiger partial charge on any atom is 0.274 e. The van der Waals surface area contributed by atoms with Crippen LogP contribution < -0.4 is 16.6 Å². The number of amides is 1. The minimum absolute atomic E-state index is 0.0452. The molecule has 1 heterocycles. The van der Waals surface area contributed by atoms with Gasteiger partial charge in [-0.15, -0.1) is 0 Å². The third-order valence-electron chi connectivity index (χ3n) is 6.38. The molecule has 3 N–H and O–H groups in total. The van der Waals surface area contributed by atoms with Crippen LogP contribution in [0, 0.1) is 17.8 Å². The summed E-state index contributed by atoms with van der Waals surface area (Å²) in [6.45, 7) is 2.30. The van der Waals surface area contributed by atoms with Gasteiger partial charge >= 0.3 is 0 Å². The van der Waals surface area contributed by atoms with Crippen molar-refractivity contribution < 1.29 is 4.79 Å². The number of carbonyl (C=O) groups excluding carboxylic acids is 1. The van der Waals surface area contributed by atoms with Crippen LogP contribution in [0.4, 0.5) is 0 Å². The van der Waals surface area contributed by atoms with Gasteiger partial charge in [-0.05, 0) is 50.5 Å². The van der Waals surface area contributed by atoms with Gasteiger partial charge in [-0.3, -0.25) is 9.59 Å². The number of nitrogens with zero attached hydrogens (tertiary/aromatic N) is 2. The number of rotatable bonds is 4. The van der Waals surface area contributed by atoms with E-state index < -0.39 is 0 Å². The van der Waals surface area contributed by atoms with Gasteiger partial charge in [0.1, 0.15) is 0 Å². The molecular formula is C21H28N4O2. The molecule has 0 radical (unpaired) electrons. The van der Waals surface area contributed by atoms with Gasteiger partial charge in [-0.2, -0.15) is 5.10 Å². The molecule has 0 spiro atoms. The summed E-state index contributed by atoms with van der Waals surface area (Å²) in [5.74, 6) is 1.10. The van der Waals surface area contributed by atoms with E-state index in [1.165, 1.54) is 11.1 Å². The third kappa shape index (κ3) is 3.63. The molecule has 0 saturated heterocycles. The van der Waals surface area contributed by atoms with E-state index in [2.05, 4.69) is 10.4 Å². The molecule has 3 atom stereocenters. The van der Waals surface area contributed by atoms with E-state index in [1.54, 1.807) is 6.20 Å². The molecule has 27 heavy (non-hydrogen) atoms. The fraction of sp³-hybridized carbons (Fsp3) is 0.571. The predicted octanol–water partition coefficient (Wildman–Crippen LogP) is 2.05. The molecule has 6 nitrogen and oxygen atoms in total. The van der Waals surface area contributed by atoms with Gasteiger partial charge in [-0.25, -0.2) is 4.68 Å². The van der Waals surface area contributed by atoms with E-state index in [0.717, 1.165) is 31.1 Å². The minimum atomic E-state index is -0.153. The smallest absolute Gasteiger partial charge is 0.274 e. The van der Waals surface area contributed by atoms with Crippen LogP contribution in [-0.2, 0) is 11.3 Å². The number of nitrogens with two attached hydrogens (primary N) is 1. The molecule has 6 heteroatoms. The summed E-state index contributed by atoms with van der Waals surface area (Å²) in [4.78, 5) is 25.4. The van der Waals surface area contributed by atoms with Crippen LogP contribution in [-0.4, -0.2) is 27.8 Å². The lowest BCUT2D eigenvalue weighted by Gasteiger charge is -2.43. The first-order chi connectivity index (χ1) is 13.0. The zero-order chi connectivity index (χ0) is 19.0. The van der Waals surface area contributed by atoms with Crippen molar-refractivity contribution in [3.63, 3.8) is 0 Å². The average molecular weight is 368 g/mol. The maximum atomic E-state index is 12.8. The number of benzene rings is 1. The van der Waals surface area contributed by atoms with Crippen LogP contribution in [0.1, 0.15) is 39.0 Å². The van der Waals surface area contributed by atoms with Crippen molar-refractivity contribution in [3.05, 3.63) is 40.8 Å². The van der Waals surface area contributed by atoms with Gasteiger partial charge in [0.15, 0.2) is 0 Å². The van der Waals surface area contributed by atoms with E-state index in [-0.39, 0.29) is 29.5 Å². The molecule has 4 rings (SSSR count). The number of fused-ring (bicyclic) bond motifs is 3. The van der Waals surface area contributed by atoms with E-state index >= 15 is 0 Å². The van der Waals surface area contributed by atoms with Crippen LogP contribution in [0.15, 0.2) is 35.3 Å². The molecular weight excluding hydrogens is 340 g/mol. The van der Waals surface area contributed by atoms with Crippen molar-refractivity contribution >= 4 is 16.7 Å². The number of nitrogens with one attached hydrogen (secondary N) is 1. The standard InChI is InChI=1S/C21H28N4O2/c1-13(12-25-21(27)18-8-3-2-5-16(18)11-23-25)24-20(26)17-9-14-6-4-7-15(10-17)19(14)22/h2-3,5,8,11,13-15,17,19H,4,6-7,9-10,12,22H2,1H3,(H,24,26). The SMILES string of the molecule is CC(Cn1ncc2ccccc2c1=O)NC(=O)C1CC2CCCC(C1)C2N. The molecule has 2 fully saturated rings. The highest BCUT2D eigenvalue weighted by Gasteiger charge is 2.40. The summed E-state index contributed by atoms with van der Waals surface area (Å²) in [7, 11) is 0. The van der Waals surface area contributed by atoms with Crippen LogP contribution in [0.3, 0.4) is 0 Å². The van der Waals surface area contributed by atoms with E-state index in [9.17, 15) is 9.59 Å². The Balaban J connectivity index is 1.41. The Morgan fingerprint density at radius 1 is 1.30 bits per heavy atom. The van der Waals surface area contributed by atoms with Gasteiger partial charge in [0, 0.05) is 23.4 Å². The molecule has 1 aromatic heterocycles. The lowest BCUT2D eigenvalue weighted by Crippen LogP contribution is -2.50. The Morgan fingerprint density at radius 3 is 2.74 bits per heavy atom. The van der Waals surface area contributed by atoms with E-state index in [1.807, 2.05) is 31.2 Å². The Labute approximate surface area is 159 Å². The van der Waals surface area contributed by atoms with Crippen molar-refractivity contribution in [2.45, 2.75) is 57.7 Å². The van der Waals surface area contributed by atoms with Crippen LogP contribution in [0.2, 0.25) is 0 Å². The van der Waals surface area contributed by atoms with Crippen molar-refractivity contribution in [1.82, 2.24) is 15.1 Å². The van der Waals surface area contributed by atoms with E-state index in [0.29, 0.717) is 23.8 Å². The topological polar surface area (TPSA) is 90.0 Å². The number of hydrogen-bond donors (Lipinski definition) is 2. The zero-order valence-electron chi connectivity index (χ0n) is 15.8.